The van der Waals surface area contributed by atoms with Gasteiger partial charge in [0.05, 0.1) is 0 Å². The molecule has 0 radical (unpaired) electrons. The van der Waals surface area contributed by atoms with E-state index in [1.165, 1.54) is 87.6 Å². The van der Waals surface area contributed by atoms with Crippen molar-refractivity contribution in [1.82, 2.24) is 0 Å². The highest BCUT2D eigenvalue weighted by Crippen LogP contribution is 2.55. The Balaban J connectivity index is 1.56. The molecule has 0 aromatic heterocycles. The van der Waals surface area contributed by atoms with E-state index in [-0.39, 0.29) is 0 Å². The molecule has 10 aromatic rings. The molecule has 0 N–H and O–H groups in total. The highest BCUT2D eigenvalue weighted by Gasteiger charge is 2.31. The molecule has 1 aliphatic rings. The number of hydrogen-bond acceptors (Lipinski definition) is 0. The average Bonchev–Trinajstić information content (AvgIpc) is 3.38. The first-order valence-electron chi connectivity index (χ1n) is 13.1. The van der Waals surface area contributed by atoms with Gasteiger partial charge < -0.3 is 0 Å². The lowest BCUT2D eigenvalue weighted by Crippen LogP contribution is -1.97. The van der Waals surface area contributed by atoms with Gasteiger partial charge in [0.25, 0.3) is 0 Å². The smallest absolute Gasteiger partial charge is 0.000659 e. The van der Waals surface area contributed by atoms with Crippen molar-refractivity contribution >= 4 is 43.1 Å². The highest BCUT2D eigenvalue weighted by molar-refractivity contribution is 6.29. The number of benzene rings is 10. The zero-order chi connectivity index (χ0) is 24.1. The van der Waals surface area contributed by atoms with Crippen LogP contribution in [0.25, 0.3) is 76.5 Å². The fourth-order valence-electron chi connectivity index (χ4n) is 7.08. The molecule has 0 atom stereocenters. The Hall–Kier alpha value is -4.68. The van der Waals surface area contributed by atoms with Crippen molar-refractivity contribution < 1.29 is 0 Å². The lowest BCUT2D eigenvalue weighted by atomic mass is 9.80. The van der Waals surface area contributed by atoms with E-state index in [1.54, 1.807) is 0 Å². The Kier molecular flexibility index (Phi) is 3.67. The molecule has 0 heteroatoms. The Labute approximate surface area is 215 Å². The first kappa shape index (κ1) is 19.5. The molecule has 0 aliphatic heterocycles. The van der Waals surface area contributed by atoms with E-state index in [4.69, 9.17) is 0 Å². The molecule has 10 aromatic carbocycles. The van der Waals surface area contributed by atoms with E-state index in [0.717, 1.165) is 6.42 Å². The zero-order valence-electron chi connectivity index (χ0n) is 20.3. The monoisotopic (exact) mass is 466 g/mol. The third-order valence-corrected chi connectivity index (χ3v) is 8.58. The first-order chi connectivity index (χ1) is 18.4. The molecule has 170 valence electrons. The van der Waals surface area contributed by atoms with Gasteiger partial charge in [-0.05, 0) is 94.0 Å². The van der Waals surface area contributed by atoms with Crippen molar-refractivity contribution in [3.05, 3.63) is 132 Å². The van der Waals surface area contributed by atoms with Crippen LogP contribution in [-0.2, 0) is 6.42 Å². The SMILES string of the molecule is c1ccc(-c2c3c(c4c5ccc(cc5)c4c2-c2ccccc2)-c2c(ccc4c5ccc(cc5)c24)C3)cc1. The van der Waals surface area contributed by atoms with Crippen LogP contribution in [0, 0.1) is 0 Å². The van der Waals surface area contributed by atoms with E-state index < -0.39 is 0 Å². The van der Waals surface area contributed by atoms with Gasteiger partial charge in [0, 0.05) is 0 Å². The summed E-state index contributed by atoms with van der Waals surface area (Å²) in [6.45, 7) is 0. The predicted molar refractivity (Wildman–Crippen MR) is 158 cm³/mol. The summed E-state index contributed by atoms with van der Waals surface area (Å²) in [5.41, 5.74) is 11.1. The third kappa shape index (κ3) is 2.47. The Morgan fingerprint density at radius 3 is 1.49 bits per heavy atom. The van der Waals surface area contributed by atoms with Crippen LogP contribution in [0.3, 0.4) is 0 Å². The quantitative estimate of drug-likeness (QED) is 0.238. The molecule has 4 bridgehead atoms. The van der Waals surface area contributed by atoms with Gasteiger partial charge in [-0.2, -0.15) is 0 Å². The second-order valence-electron chi connectivity index (χ2n) is 10.4. The van der Waals surface area contributed by atoms with Gasteiger partial charge in [-0.1, -0.05) is 121 Å². The third-order valence-electron chi connectivity index (χ3n) is 8.58. The fraction of sp³-hybridized carbons (Fsp3) is 0.0270. The van der Waals surface area contributed by atoms with E-state index in [1.807, 2.05) is 0 Å². The van der Waals surface area contributed by atoms with Crippen LogP contribution in [-0.4, -0.2) is 0 Å². The van der Waals surface area contributed by atoms with Crippen LogP contribution in [0.1, 0.15) is 11.1 Å². The highest BCUT2D eigenvalue weighted by atomic mass is 14.3. The Bertz CT molecular complexity index is 2090. The minimum atomic E-state index is 0.960. The summed E-state index contributed by atoms with van der Waals surface area (Å²) in [6.07, 6.45) is 0.960. The van der Waals surface area contributed by atoms with Crippen molar-refractivity contribution in [1.29, 1.82) is 0 Å². The summed E-state index contributed by atoms with van der Waals surface area (Å²) in [5.74, 6) is 0. The minimum Gasteiger partial charge on any atom is -0.0622 e. The maximum Gasteiger partial charge on any atom is -0.000659 e. The molecule has 0 saturated carbocycles. The molecule has 37 heavy (non-hydrogen) atoms. The van der Waals surface area contributed by atoms with Gasteiger partial charge in [-0.3, -0.25) is 0 Å². The van der Waals surface area contributed by atoms with E-state index in [9.17, 15) is 0 Å². The lowest BCUT2D eigenvalue weighted by Gasteiger charge is -2.23. The topological polar surface area (TPSA) is 0 Å². The molecule has 0 unspecified atom stereocenters. The van der Waals surface area contributed by atoms with Gasteiger partial charge in [0.15, 0.2) is 0 Å². The molecule has 0 amide bonds. The summed E-state index contributed by atoms with van der Waals surface area (Å²) < 4.78 is 0. The summed E-state index contributed by atoms with van der Waals surface area (Å²) >= 11 is 0. The summed E-state index contributed by atoms with van der Waals surface area (Å²) in [4.78, 5) is 0. The lowest BCUT2D eigenvalue weighted by molar-refractivity contribution is 1.27. The average molecular weight is 467 g/mol. The summed E-state index contributed by atoms with van der Waals surface area (Å²) in [6, 6.07) is 45.2. The van der Waals surface area contributed by atoms with Crippen LogP contribution in [0.4, 0.5) is 0 Å². The summed E-state index contributed by atoms with van der Waals surface area (Å²) in [5, 5.41) is 10.9. The van der Waals surface area contributed by atoms with E-state index in [2.05, 4.69) is 121 Å². The van der Waals surface area contributed by atoms with Crippen molar-refractivity contribution in [2.75, 3.05) is 0 Å². The van der Waals surface area contributed by atoms with Crippen molar-refractivity contribution in [3.63, 3.8) is 0 Å². The molecule has 0 fully saturated rings. The van der Waals surface area contributed by atoms with Crippen molar-refractivity contribution in [3.8, 4) is 33.4 Å². The van der Waals surface area contributed by atoms with Crippen LogP contribution < -0.4 is 0 Å². The molecule has 0 saturated heterocycles. The Morgan fingerprint density at radius 1 is 0.351 bits per heavy atom. The van der Waals surface area contributed by atoms with Gasteiger partial charge >= 0.3 is 0 Å². The molecule has 0 heterocycles. The molecule has 0 spiro atoms. The van der Waals surface area contributed by atoms with Crippen molar-refractivity contribution in [2.45, 2.75) is 6.42 Å². The van der Waals surface area contributed by atoms with Gasteiger partial charge in [0.1, 0.15) is 0 Å². The van der Waals surface area contributed by atoms with Gasteiger partial charge in [-0.25, -0.2) is 0 Å². The zero-order valence-corrected chi connectivity index (χ0v) is 20.3. The van der Waals surface area contributed by atoms with Crippen LogP contribution in [0.2, 0.25) is 0 Å². The maximum atomic E-state index is 2.39. The van der Waals surface area contributed by atoms with Crippen LogP contribution in [0.15, 0.2) is 121 Å². The maximum absolute atomic E-state index is 2.39. The summed E-state index contributed by atoms with van der Waals surface area (Å²) in [7, 11) is 0. The van der Waals surface area contributed by atoms with Gasteiger partial charge in [-0.15, -0.1) is 0 Å². The van der Waals surface area contributed by atoms with Gasteiger partial charge in [0.2, 0.25) is 0 Å². The molecule has 11 rings (SSSR count). The molecule has 0 nitrogen and oxygen atoms in total. The first-order valence-corrected chi connectivity index (χ1v) is 13.1. The van der Waals surface area contributed by atoms with E-state index in [0.29, 0.717) is 0 Å². The number of rotatable bonds is 2. The van der Waals surface area contributed by atoms with E-state index >= 15 is 0 Å². The second kappa shape index (κ2) is 6.96. The predicted octanol–water partition coefficient (Wildman–Crippen LogP) is 10.1. The standard InChI is InChI=1S/C37H22/c1-3-7-23(8-4-1)32-30-21-28-19-20-29-22-11-13-25(14-12-22)31(29)36(28)37(30)35-27-17-15-26(16-18-27)34(35)33(32)24-9-5-2-6-10-24/h1-20H,21H2. The van der Waals surface area contributed by atoms with Crippen molar-refractivity contribution in [2.24, 2.45) is 0 Å². The second-order valence-corrected chi connectivity index (χ2v) is 10.4. The fourth-order valence-corrected chi connectivity index (χ4v) is 7.08. The normalized spacial score (nSPS) is 12.8. The van der Waals surface area contributed by atoms with Crippen LogP contribution >= 0.6 is 0 Å². The largest absolute Gasteiger partial charge is 0.0622 e. The molecular weight excluding hydrogens is 444 g/mol. The molecule has 1 aliphatic carbocycles. The number of fused-ring (bicyclic) bond motifs is 7. The Morgan fingerprint density at radius 2 is 0.865 bits per heavy atom. The minimum absolute atomic E-state index is 0.960. The van der Waals surface area contributed by atoms with Crippen LogP contribution in [0.5, 0.6) is 0 Å². The molecular formula is C37H22. The number of hydrogen-bond donors (Lipinski definition) is 0.